The first kappa shape index (κ1) is 9.49. The van der Waals surface area contributed by atoms with Crippen LogP contribution < -0.4 is 5.73 Å². The minimum absolute atomic E-state index is 0.584. The molecule has 3 aromatic heterocycles. The molecule has 82 valence electrons. The lowest BCUT2D eigenvalue weighted by Gasteiger charge is -1.90. The maximum atomic E-state index is 5.49. The van der Waals surface area contributed by atoms with Crippen LogP contribution >= 0.6 is 11.3 Å². The van der Waals surface area contributed by atoms with Gasteiger partial charge in [0.1, 0.15) is 5.01 Å². The van der Waals surface area contributed by atoms with E-state index in [9.17, 15) is 0 Å². The van der Waals surface area contributed by atoms with Gasteiger partial charge in [-0.15, -0.1) is 10.2 Å². The normalized spacial score (nSPS) is 11.3. The lowest BCUT2D eigenvalue weighted by molar-refractivity contribution is 0.574. The standard InChI is InChI=1S/C9H9N5OS/c10-4-3-7-13-14-8(6-2-1-5-15-6)11-12-9(14)16-7/h1-2,5H,3-4,10H2. The summed E-state index contributed by atoms with van der Waals surface area (Å²) in [7, 11) is 0. The molecule has 16 heavy (non-hydrogen) atoms. The third kappa shape index (κ3) is 1.41. The van der Waals surface area contributed by atoms with Crippen molar-refractivity contribution in [3.05, 3.63) is 23.4 Å². The molecule has 0 aliphatic heterocycles. The Morgan fingerprint density at radius 2 is 2.38 bits per heavy atom. The van der Waals surface area contributed by atoms with E-state index in [0.717, 1.165) is 16.4 Å². The van der Waals surface area contributed by atoms with Crippen LogP contribution in [-0.2, 0) is 6.42 Å². The summed E-state index contributed by atoms with van der Waals surface area (Å²) in [5, 5.41) is 13.4. The highest BCUT2D eigenvalue weighted by Crippen LogP contribution is 2.21. The van der Waals surface area contributed by atoms with Crippen molar-refractivity contribution in [3.63, 3.8) is 0 Å². The lowest BCUT2D eigenvalue weighted by Crippen LogP contribution is -2.02. The molecule has 2 N–H and O–H groups in total. The Hall–Kier alpha value is -1.73. The molecular weight excluding hydrogens is 226 g/mol. The topological polar surface area (TPSA) is 82.2 Å². The van der Waals surface area contributed by atoms with Crippen molar-refractivity contribution in [2.75, 3.05) is 6.54 Å². The van der Waals surface area contributed by atoms with E-state index < -0.39 is 0 Å². The largest absolute Gasteiger partial charge is 0.461 e. The van der Waals surface area contributed by atoms with Gasteiger partial charge in [0.05, 0.1) is 6.26 Å². The molecule has 0 bridgehead atoms. The molecule has 0 aromatic carbocycles. The molecule has 7 heteroatoms. The SMILES string of the molecule is NCCc1nn2c(-c3ccco3)nnc2s1. The summed E-state index contributed by atoms with van der Waals surface area (Å²) in [6.07, 6.45) is 2.36. The molecule has 0 saturated heterocycles. The van der Waals surface area contributed by atoms with Gasteiger partial charge in [-0.25, -0.2) is 0 Å². The van der Waals surface area contributed by atoms with Gasteiger partial charge < -0.3 is 10.2 Å². The van der Waals surface area contributed by atoms with Crippen LogP contribution in [0, 0.1) is 0 Å². The van der Waals surface area contributed by atoms with E-state index in [-0.39, 0.29) is 0 Å². The molecule has 0 radical (unpaired) electrons. The van der Waals surface area contributed by atoms with Gasteiger partial charge in [-0.05, 0) is 18.7 Å². The number of hydrogen-bond acceptors (Lipinski definition) is 6. The molecule has 0 fully saturated rings. The number of hydrogen-bond donors (Lipinski definition) is 1. The number of aromatic nitrogens is 4. The number of rotatable bonds is 3. The molecule has 0 spiro atoms. The first-order valence-corrected chi connectivity index (χ1v) is 5.65. The quantitative estimate of drug-likeness (QED) is 0.730. The molecule has 0 aliphatic carbocycles. The minimum Gasteiger partial charge on any atom is -0.461 e. The summed E-state index contributed by atoms with van der Waals surface area (Å²) in [6.45, 7) is 0.584. The second-order valence-electron chi connectivity index (χ2n) is 3.23. The summed E-state index contributed by atoms with van der Waals surface area (Å²) in [4.78, 5) is 0.759. The molecule has 0 saturated carbocycles. The van der Waals surface area contributed by atoms with Gasteiger partial charge in [0, 0.05) is 6.42 Å². The van der Waals surface area contributed by atoms with Gasteiger partial charge in [0.2, 0.25) is 10.8 Å². The third-order valence-corrected chi connectivity index (χ3v) is 3.09. The molecule has 0 amide bonds. The monoisotopic (exact) mass is 235 g/mol. The molecular formula is C9H9N5OS. The Balaban J connectivity index is 2.12. The summed E-state index contributed by atoms with van der Waals surface area (Å²) >= 11 is 1.50. The second kappa shape index (κ2) is 3.69. The highest BCUT2D eigenvalue weighted by atomic mass is 32.1. The smallest absolute Gasteiger partial charge is 0.235 e. The predicted octanol–water partition coefficient (Wildman–Crippen LogP) is 0.947. The zero-order valence-corrected chi connectivity index (χ0v) is 9.15. The first-order valence-electron chi connectivity index (χ1n) is 4.83. The van der Waals surface area contributed by atoms with Crippen molar-refractivity contribution in [2.45, 2.75) is 6.42 Å². The lowest BCUT2D eigenvalue weighted by atomic mass is 10.4. The van der Waals surface area contributed by atoms with Gasteiger partial charge >= 0.3 is 0 Å². The molecule has 6 nitrogen and oxygen atoms in total. The van der Waals surface area contributed by atoms with Crippen molar-refractivity contribution in [1.82, 2.24) is 19.8 Å². The van der Waals surface area contributed by atoms with Gasteiger partial charge in [0.15, 0.2) is 5.76 Å². The van der Waals surface area contributed by atoms with Crippen molar-refractivity contribution < 1.29 is 4.42 Å². The van der Waals surface area contributed by atoms with Crippen LogP contribution in [0.5, 0.6) is 0 Å². The van der Waals surface area contributed by atoms with Crippen LogP contribution in [0.3, 0.4) is 0 Å². The second-order valence-corrected chi connectivity index (χ2v) is 4.27. The van der Waals surface area contributed by atoms with E-state index in [1.54, 1.807) is 10.8 Å². The number of nitrogens with two attached hydrogens (primary N) is 1. The van der Waals surface area contributed by atoms with E-state index in [1.807, 2.05) is 12.1 Å². The van der Waals surface area contributed by atoms with Gasteiger partial charge in [-0.1, -0.05) is 11.3 Å². The molecule has 0 unspecified atom stereocenters. The Kier molecular flexibility index (Phi) is 2.19. The number of furan rings is 1. The predicted molar refractivity (Wildman–Crippen MR) is 59.1 cm³/mol. The molecule has 3 aromatic rings. The Morgan fingerprint density at radius 1 is 1.44 bits per heavy atom. The zero-order chi connectivity index (χ0) is 11.0. The highest BCUT2D eigenvalue weighted by Gasteiger charge is 2.14. The van der Waals surface area contributed by atoms with Crippen molar-refractivity contribution in [2.24, 2.45) is 5.73 Å². The summed E-state index contributed by atoms with van der Waals surface area (Å²) in [6, 6.07) is 3.64. The Bertz CT molecular complexity index is 597. The minimum atomic E-state index is 0.584. The van der Waals surface area contributed by atoms with E-state index in [1.165, 1.54) is 11.3 Å². The van der Waals surface area contributed by atoms with Gasteiger partial charge in [0.25, 0.3) is 0 Å². The van der Waals surface area contributed by atoms with Crippen LogP contribution in [-0.4, -0.2) is 26.4 Å². The highest BCUT2D eigenvalue weighted by molar-refractivity contribution is 7.16. The van der Waals surface area contributed by atoms with Crippen molar-refractivity contribution in [1.29, 1.82) is 0 Å². The fourth-order valence-electron chi connectivity index (χ4n) is 1.44. The van der Waals surface area contributed by atoms with E-state index in [0.29, 0.717) is 18.1 Å². The first-order chi connectivity index (χ1) is 7.88. The van der Waals surface area contributed by atoms with Gasteiger partial charge in [-0.2, -0.15) is 9.61 Å². The van der Waals surface area contributed by atoms with Gasteiger partial charge in [-0.3, -0.25) is 0 Å². The van der Waals surface area contributed by atoms with Crippen LogP contribution in [0.4, 0.5) is 0 Å². The maximum absolute atomic E-state index is 5.49. The fraction of sp³-hybridized carbons (Fsp3) is 0.222. The van der Waals surface area contributed by atoms with E-state index in [4.69, 9.17) is 10.2 Å². The third-order valence-electron chi connectivity index (χ3n) is 2.13. The Morgan fingerprint density at radius 3 is 3.12 bits per heavy atom. The maximum Gasteiger partial charge on any atom is 0.235 e. The molecule has 0 atom stereocenters. The van der Waals surface area contributed by atoms with Crippen LogP contribution in [0.2, 0.25) is 0 Å². The van der Waals surface area contributed by atoms with Crippen LogP contribution in [0.1, 0.15) is 5.01 Å². The van der Waals surface area contributed by atoms with E-state index >= 15 is 0 Å². The number of nitrogens with zero attached hydrogens (tertiary/aromatic N) is 4. The molecule has 3 heterocycles. The summed E-state index contributed by atoms with van der Waals surface area (Å²) in [5.41, 5.74) is 5.49. The van der Waals surface area contributed by atoms with Crippen LogP contribution in [0.15, 0.2) is 22.8 Å². The summed E-state index contributed by atoms with van der Waals surface area (Å²) < 4.78 is 6.96. The fourth-order valence-corrected chi connectivity index (χ4v) is 2.29. The molecule has 0 aliphatic rings. The van der Waals surface area contributed by atoms with Crippen LogP contribution in [0.25, 0.3) is 16.5 Å². The van der Waals surface area contributed by atoms with E-state index in [2.05, 4.69) is 15.3 Å². The zero-order valence-electron chi connectivity index (χ0n) is 8.33. The Labute approximate surface area is 94.7 Å². The molecule has 3 rings (SSSR count). The summed E-state index contributed by atoms with van der Waals surface area (Å²) in [5.74, 6) is 1.29. The average Bonchev–Trinajstić information content (AvgIpc) is 2.90. The number of fused-ring (bicyclic) bond motifs is 1. The van der Waals surface area contributed by atoms with Crippen molar-refractivity contribution >= 4 is 16.3 Å². The van der Waals surface area contributed by atoms with Crippen molar-refractivity contribution in [3.8, 4) is 11.6 Å². The average molecular weight is 235 g/mol.